The number of hydrogen-bond acceptors (Lipinski definition) is 4. The quantitative estimate of drug-likeness (QED) is 0.725. The molecule has 1 aromatic heterocycles. The number of rotatable bonds is 4. The molecular formula is C20H16ClN3O. The van der Waals surface area contributed by atoms with Gasteiger partial charge in [0.2, 0.25) is 0 Å². The standard InChI is InChI=1S/C20H16ClN3O/c1-2-25-14-9-7-13(8-10-14)19-11-16(17(12-22)20(23)24-19)15-5-3-4-6-18(15)21/h3-11H,2H2,1H3,(H2,23,24). The number of anilines is 1. The van der Waals surface area contributed by atoms with Crippen molar-refractivity contribution in [3.63, 3.8) is 0 Å². The maximum Gasteiger partial charge on any atom is 0.142 e. The van der Waals surface area contributed by atoms with Crippen molar-refractivity contribution in [3.05, 3.63) is 65.2 Å². The van der Waals surface area contributed by atoms with E-state index in [9.17, 15) is 5.26 Å². The summed E-state index contributed by atoms with van der Waals surface area (Å²) < 4.78 is 5.46. The molecular weight excluding hydrogens is 334 g/mol. The van der Waals surface area contributed by atoms with Crippen molar-refractivity contribution >= 4 is 17.4 Å². The van der Waals surface area contributed by atoms with Crippen molar-refractivity contribution in [2.45, 2.75) is 6.92 Å². The minimum absolute atomic E-state index is 0.184. The van der Waals surface area contributed by atoms with Gasteiger partial charge >= 0.3 is 0 Å². The van der Waals surface area contributed by atoms with Gasteiger partial charge in [0.15, 0.2) is 0 Å². The average molecular weight is 350 g/mol. The molecule has 2 aromatic carbocycles. The molecule has 0 fully saturated rings. The van der Waals surface area contributed by atoms with Crippen LogP contribution in [0.2, 0.25) is 5.02 Å². The molecule has 0 saturated heterocycles. The monoisotopic (exact) mass is 349 g/mol. The first-order valence-corrected chi connectivity index (χ1v) is 8.20. The maximum absolute atomic E-state index is 9.48. The van der Waals surface area contributed by atoms with E-state index in [1.807, 2.05) is 55.5 Å². The van der Waals surface area contributed by atoms with Crippen LogP contribution in [0.1, 0.15) is 12.5 Å². The van der Waals surface area contributed by atoms with Crippen LogP contribution in [-0.2, 0) is 0 Å². The Kier molecular flexibility index (Phi) is 4.87. The third kappa shape index (κ3) is 3.42. The highest BCUT2D eigenvalue weighted by Crippen LogP contribution is 2.35. The molecule has 0 aliphatic rings. The first kappa shape index (κ1) is 16.8. The van der Waals surface area contributed by atoms with Crippen LogP contribution >= 0.6 is 11.6 Å². The third-order valence-corrected chi connectivity index (χ3v) is 4.11. The topological polar surface area (TPSA) is 71.9 Å². The second kappa shape index (κ2) is 7.25. The van der Waals surface area contributed by atoms with Gasteiger partial charge in [-0.3, -0.25) is 0 Å². The molecule has 0 spiro atoms. The number of nitriles is 1. The predicted molar refractivity (Wildman–Crippen MR) is 100 cm³/mol. The summed E-state index contributed by atoms with van der Waals surface area (Å²) in [6.07, 6.45) is 0. The fraction of sp³-hybridized carbons (Fsp3) is 0.100. The molecule has 3 rings (SSSR count). The molecule has 124 valence electrons. The van der Waals surface area contributed by atoms with Crippen LogP contribution in [0.15, 0.2) is 54.6 Å². The summed E-state index contributed by atoms with van der Waals surface area (Å²) in [7, 11) is 0. The minimum atomic E-state index is 0.184. The van der Waals surface area contributed by atoms with Crippen LogP contribution in [0.4, 0.5) is 5.82 Å². The second-order valence-corrected chi connectivity index (χ2v) is 5.77. The lowest BCUT2D eigenvalue weighted by atomic mass is 9.98. The van der Waals surface area contributed by atoms with Crippen LogP contribution in [-0.4, -0.2) is 11.6 Å². The van der Waals surface area contributed by atoms with Crippen LogP contribution < -0.4 is 10.5 Å². The molecule has 0 atom stereocenters. The van der Waals surface area contributed by atoms with Gasteiger partial charge in [-0.15, -0.1) is 0 Å². The van der Waals surface area contributed by atoms with Gasteiger partial charge in [0.05, 0.1) is 12.3 Å². The molecule has 0 aliphatic carbocycles. The number of aromatic nitrogens is 1. The van der Waals surface area contributed by atoms with Crippen molar-refractivity contribution in [3.8, 4) is 34.2 Å². The summed E-state index contributed by atoms with van der Waals surface area (Å²) in [5, 5.41) is 10.0. The fourth-order valence-corrected chi connectivity index (χ4v) is 2.85. The number of nitrogens with two attached hydrogens (primary N) is 1. The smallest absolute Gasteiger partial charge is 0.142 e. The minimum Gasteiger partial charge on any atom is -0.494 e. The Balaban J connectivity index is 2.14. The molecule has 0 amide bonds. The zero-order chi connectivity index (χ0) is 17.8. The average Bonchev–Trinajstić information content (AvgIpc) is 2.62. The molecule has 0 saturated carbocycles. The lowest BCUT2D eigenvalue weighted by molar-refractivity contribution is 0.340. The number of nitrogens with zero attached hydrogens (tertiary/aromatic N) is 2. The first-order valence-electron chi connectivity index (χ1n) is 7.82. The number of ether oxygens (including phenoxy) is 1. The van der Waals surface area contributed by atoms with Gasteiger partial charge in [0.25, 0.3) is 0 Å². The normalized spacial score (nSPS) is 10.3. The highest BCUT2D eigenvalue weighted by Gasteiger charge is 2.15. The molecule has 0 bridgehead atoms. The van der Waals surface area contributed by atoms with E-state index in [4.69, 9.17) is 22.1 Å². The van der Waals surface area contributed by atoms with E-state index in [1.54, 1.807) is 6.07 Å². The van der Waals surface area contributed by atoms with Crippen LogP contribution in [0.25, 0.3) is 22.4 Å². The zero-order valence-corrected chi connectivity index (χ0v) is 14.4. The number of hydrogen-bond donors (Lipinski definition) is 1. The van der Waals surface area contributed by atoms with Gasteiger partial charge in [-0.1, -0.05) is 29.8 Å². The summed E-state index contributed by atoms with van der Waals surface area (Å²) in [5.41, 5.74) is 9.34. The lowest BCUT2D eigenvalue weighted by Gasteiger charge is -2.12. The van der Waals surface area contributed by atoms with Gasteiger partial charge in [-0.25, -0.2) is 4.98 Å². The maximum atomic E-state index is 9.48. The Morgan fingerprint density at radius 3 is 2.48 bits per heavy atom. The number of nitrogen functional groups attached to an aromatic ring is 1. The van der Waals surface area contributed by atoms with E-state index < -0.39 is 0 Å². The Morgan fingerprint density at radius 2 is 1.84 bits per heavy atom. The summed E-state index contributed by atoms with van der Waals surface area (Å²) in [6, 6.07) is 18.9. The number of halogens is 1. The molecule has 25 heavy (non-hydrogen) atoms. The highest BCUT2D eigenvalue weighted by molar-refractivity contribution is 6.33. The molecule has 5 heteroatoms. The van der Waals surface area contributed by atoms with Crippen molar-refractivity contribution in [2.75, 3.05) is 12.3 Å². The van der Waals surface area contributed by atoms with E-state index in [-0.39, 0.29) is 5.82 Å². The van der Waals surface area contributed by atoms with Crippen LogP contribution in [0.3, 0.4) is 0 Å². The van der Waals surface area contributed by atoms with Gasteiger partial charge < -0.3 is 10.5 Å². The molecule has 0 unspecified atom stereocenters. The van der Waals surface area contributed by atoms with Gasteiger partial charge in [0, 0.05) is 21.7 Å². The summed E-state index contributed by atoms with van der Waals surface area (Å²) in [4.78, 5) is 4.38. The van der Waals surface area contributed by atoms with Crippen LogP contribution in [0.5, 0.6) is 5.75 Å². The number of pyridine rings is 1. The third-order valence-electron chi connectivity index (χ3n) is 3.78. The predicted octanol–water partition coefficient (Wildman–Crippen LogP) is 4.92. The van der Waals surface area contributed by atoms with Gasteiger partial charge in [-0.2, -0.15) is 5.26 Å². The Morgan fingerprint density at radius 1 is 1.12 bits per heavy atom. The summed E-state index contributed by atoms with van der Waals surface area (Å²) in [6.45, 7) is 2.55. The van der Waals surface area contributed by atoms with Gasteiger partial charge in [-0.05, 0) is 43.3 Å². The van der Waals surface area contributed by atoms with Crippen LogP contribution in [0, 0.1) is 11.3 Å². The van der Waals surface area contributed by atoms with Crippen molar-refractivity contribution in [2.24, 2.45) is 0 Å². The SMILES string of the molecule is CCOc1ccc(-c2cc(-c3ccccc3Cl)c(C#N)c(N)n2)cc1. The van der Waals surface area contributed by atoms with Gasteiger partial charge in [0.1, 0.15) is 23.2 Å². The molecule has 2 N–H and O–H groups in total. The van der Waals surface area contributed by atoms with E-state index in [2.05, 4.69) is 11.1 Å². The highest BCUT2D eigenvalue weighted by atomic mass is 35.5. The van der Waals surface area contributed by atoms with E-state index >= 15 is 0 Å². The largest absolute Gasteiger partial charge is 0.494 e. The first-order chi connectivity index (χ1) is 12.1. The molecule has 1 heterocycles. The summed E-state index contributed by atoms with van der Waals surface area (Å²) >= 11 is 6.31. The summed E-state index contributed by atoms with van der Waals surface area (Å²) in [5.74, 6) is 0.975. The Hall–Kier alpha value is -3.03. The molecule has 4 nitrogen and oxygen atoms in total. The lowest BCUT2D eigenvalue weighted by Crippen LogP contribution is -2.00. The zero-order valence-electron chi connectivity index (χ0n) is 13.7. The van der Waals surface area contributed by atoms with Crippen molar-refractivity contribution < 1.29 is 4.74 Å². The number of benzene rings is 2. The van der Waals surface area contributed by atoms with Crippen molar-refractivity contribution in [1.82, 2.24) is 4.98 Å². The molecule has 0 radical (unpaired) electrons. The van der Waals surface area contributed by atoms with E-state index in [0.717, 1.165) is 16.9 Å². The van der Waals surface area contributed by atoms with E-state index in [0.29, 0.717) is 28.5 Å². The second-order valence-electron chi connectivity index (χ2n) is 5.36. The fourth-order valence-electron chi connectivity index (χ4n) is 2.61. The van der Waals surface area contributed by atoms with Crippen molar-refractivity contribution in [1.29, 1.82) is 5.26 Å². The molecule has 3 aromatic rings. The van der Waals surface area contributed by atoms with E-state index in [1.165, 1.54) is 0 Å². The Labute approximate surface area is 151 Å². The molecule has 0 aliphatic heterocycles. The Bertz CT molecular complexity index is 946.